The van der Waals surface area contributed by atoms with Crippen molar-refractivity contribution in [2.24, 2.45) is 0 Å². The van der Waals surface area contributed by atoms with Crippen molar-refractivity contribution in [3.05, 3.63) is 114 Å². The first kappa shape index (κ1) is 22.0. The molecule has 0 aromatic heterocycles. The molecule has 5 heteroatoms. The highest BCUT2D eigenvalue weighted by molar-refractivity contribution is 5.65. The van der Waals surface area contributed by atoms with Crippen LogP contribution in [0.15, 0.2) is 103 Å². The number of alkyl halides is 3. The van der Waals surface area contributed by atoms with E-state index in [1.807, 2.05) is 54.6 Å². The quantitative estimate of drug-likeness (QED) is 0.295. The molecule has 0 unspecified atom stereocenters. The minimum absolute atomic E-state index is 0.157. The molecule has 0 aliphatic rings. The Morgan fingerprint density at radius 1 is 0.667 bits per heavy atom. The lowest BCUT2D eigenvalue weighted by molar-refractivity contribution is -0.137. The van der Waals surface area contributed by atoms with Gasteiger partial charge in [0.25, 0.3) is 0 Å². The van der Waals surface area contributed by atoms with Gasteiger partial charge in [0.2, 0.25) is 0 Å². The van der Waals surface area contributed by atoms with Crippen molar-refractivity contribution in [1.82, 2.24) is 0 Å². The molecule has 0 atom stereocenters. The number of benzene rings is 4. The van der Waals surface area contributed by atoms with Crippen LogP contribution in [0, 0.1) is 11.8 Å². The normalized spacial score (nSPS) is 10.8. The molecule has 0 N–H and O–H groups in total. The predicted octanol–water partition coefficient (Wildman–Crippen LogP) is 7.60. The maximum Gasteiger partial charge on any atom is 0.416 e. The average molecular weight is 444 g/mol. The summed E-state index contributed by atoms with van der Waals surface area (Å²) in [7, 11) is 0. The maximum absolute atomic E-state index is 12.9. The smallest absolute Gasteiger partial charge is 0.416 e. The second-order valence-electron chi connectivity index (χ2n) is 7.11. The molecule has 2 nitrogen and oxygen atoms in total. The van der Waals surface area contributed by atoms with E-state index >= 15 is 0 Å². The first-order valence-corrected chi connectivity index (χ1v) is 10.2. The molecular formula is C28H19F3O2. The highest BCUT2D eigenvalue weighted by Gasteiger charge is 2.30. The van der Waals surface area contributed by atoms with Gasteiger partial charge in [-0.1, -0.05) is 66.4 Å². The summed E-state index contributed by atoms with van der Waals surface area (Å²) in [5.41, 5.74) is 1.26. The van der Waals surface area contributed by atoms with E-state index in [-0.39, 0.29) is 6.61 Å². The fraction of sp³-hybridized carbons (Fsp3) is 0.0714. The van der Waals surface area contributed by atoms with Crippen molar-refractivity contribution in [1.29, 1.82) is 0 Å². The molecule has 0 saturated heterocycles. The van der Waals surface area contributed by atoms with Gasteiger partial charge in [-0.15, -0.1) is 0 Å². The summed E-state index contributed by atoms with van der Waals surface area (Å²) in [6, 6.07) is 29.1. The molecule has 0 amide bonds. The number of rotatable bonds is 5. The molecule has 0 spiro atoms. The summed E-state index contributed by atoms with van der Waals surface area (Å²) in [5.74, 6) is 7.84. The summed E-state index contributed by atoms with van der Waals surface area (Å²) in [5, 5.41) is 0. The minimum atomic E-state index is -4.37. The van der Waals surface area contributed by atoms with E-state index in [9.17, 15) is 13.2 Å². The van der Waals surface area contributed by atoms with E-state index in [0.29, 0.717) is 28.4 Å². The number of para-hydroxylation sites is 3. The highest BCUT2D eigenvalue weighted by Crippen LogP contribution is 2.32. The lowest BCUT2D eigenvalue weighted by Crippen LogP contribution is -2.04. The molecule has 0 aliphatic heterocycles. The second kappa shape index (κ2) is 9.97. The van der Waals surface area contributed by atoms with Gasteiger partial charge in [0.15, 0.2) is 11.5 Å². The number of hydrogen-bond donors (Lipinski definition) is 0. The molecule has 33 heavy (non-hydrogen) atoms. The van der Waals surface area contributed by atoms with E-state index in [4.69, 9.17) is 9.47 Å². The summed E-state index contributed by atoms with van der Waals surface area (Å²) in [6.07, 6.45) is -4.37. The number of hydrogen-bond acceptors (Lipinski definition) is 2. The third-order valence-electron chi connectivity index (χ3n) is 4.76. The van der Waals surface area contributed by atoms with Gasteiger partial charge in [-0.25, -0.2) is 0 Å². The topological polar surface area (TPSA) is 18.5 Å². The molecule has 0 fully saturated rings. The minimum Gasteiger partial charge on any atom is -0.477 e. The Morgan fingerprint density at radius 3 is 2.09 bits per heavy atom. The summed E-state index contributed by atoms with van der Waals surface area (Å²) >= 11 is 0. The van der Waals surface area contributed by atoms with Gasteiger partial charge in [0.05, 0.1) is 5.56 Å². The molecule has 0 heterocycles. The Hall–Kier alpha value is -4.17. The second-order valence-corrected chi connectivity index (χ2v) is 7.11. The zero-order valence-electron chi connectivity index (χ0n) is 17.5. The standard InChI is InChI=1S/C28H19F3O2/c29-28(30,31)24-10-6-9-23(20-24)22-17-15-21(16-18-22)8-7-19-32-26-13-4-5-14-27(26)33-25-11-2-1-3-12-25/h1-6,9-18,20H,19H2. The SMILES string of the molecule is FC(F)(F)c1cccc(-c2ccc(C#CCOc3ccccc3Oc3ccccc3)cc2)c1. The Labute approximate surface area is 190 Å². The highest BCUT2D eigenvalue weighted by atomic mass is 19.4. The van der Waals surface area contributed by atoms with Gasteiger partial charge in [-0.05, 0) is 59.7 Å². The van der Waals surface area contributed by atoms with Gasteiger partial charge < -0.3 is 9.47 Å². The lowest BCUT2D eigenvalue weighted by Gasteiger charge is -2.10. The van der Waals surface area contributed by atoms with Crippen LogP contribution in [0.3, 0.4) is 0 Å². The summed E-state index contributed by atoms with van der Waals surface area (Å²) in [4.78, 5) is 0. The van der Waals surface area contributed by atoms with E-state index in [0.717, 1.165) is 17.7 Å². The van der Waals surface area contributed by atoms with Crippen molar-refractivity contribution in [2.75, 3.05) is 6.61 Å². The van der Waals surface area contributed by atoms with Gasteiger partial charge in [-0.2, -0.15) is 13.2 Å². The molecule has 4 rings (SSSR count). The number of ether oxygens (including phenoxy) is 2. The lowest BCUT2D eigenvalue weighted by atomic mass is 10.0. The average Bonchev–Trinajstić information content (AvgIpc) is 2.83. The zero-order valence-corrected chi connectivity index (χ0v) is 17.5. The molecule has 4 aromatic carbocycles. The van der Waals surface area contributed by atoms with Crippen LogP contribution in [-0.2, 0) is 6.18 Å². The fourth-order valence-electron chi connectivity index (χ4n) is 3.14. The van der Waals surface area contributed by atoms with E-state index < -0.39 is 11.7 Å². The van der Waals surface area contributed by atoms with E-state index in [2.05, 4.69) is 11.8 Å². The van der Waals surface area contributed by atoms with Crippen molar-refractivity contribution in [3.8, 4) is 40.2 Å². The van der Waals surface area contributed by atoms with Crippen LogP contribution >= 0.6 is 0 Å². The van der Waals surface area contributed by atoms with Crippen LogP contribution < -0.4 is 9.47 Å². The molecular weight excluding hydrogens is 425 g/mol. The van der Waals surface area contributed by atoms with Crippen molar-refractivity contribution >= 4 is 0 Å². The van der Waals surface area contributed by atoms with Crippen LogP contribution in [0.4, 0.5) is 13.2 Å². The van der Waals surface area contributed by atoms with Crippen LogP contribution in [0.25, 0.3) is 11.1 Å². The summed E-state index contributed by atoms with van der Waals surface area (Å²) < 4.78 is 50.4. The van der Waals surface area contributed by atoms with Crippen LogP contribution in [0.5, 0.6) is 17.2 Å². The predicted molar refractivity (Wildman–Crippen MR) is 122 cm³/mol. The molecule has 4 aromatic rings. The Kier molecular flexibility index (Phi) is 6.66. The van der Waals surface area contributed by atoms with E-state index in [1.54, 1.807) is 30.3 Å². The molecule has 0 bridgehead atoms. The molecule has 0 aliphatic carbocycles. The van der Waals surface area contributed by atoms with E-state index in [1.165, 1.54) is 6.07 Å². The summed E-state index contributed by atoms with van der Waals surface area (Å²) in [6.45, 7) is 0.157. The van der Waals surface area contributed by atoms with Crippen molar-refractivity contribution in [2.45, 2.75) is 6.18 Å². The Morgan fingerprint density at radius 2 is 1.36 bits per heavy atom. The van der Waals surface area contributed by atoms with Gasteiger partial charge >= 0.3 is 6.18 Å². The van der Waals surface area contributed by atoms with Crippen molar-refractivity contribution in [3.63, 3.8) is 0 Å². The monoisotopic (exact) mass is 444 g/mol. The third kappa shape index (κ3) is 5.96. The van der Waals surface area contributed by atoms with Crippen molar-refractivity contribution < 1.29 is 22.6 Å². The van der Waals surface area contributed by atoms with Crippen LogP contribution in [0.2, 0.25) is 0 Å². The Bertz CT molecular complexity index is 1270. The third-order valence-corrected chi connectivity index (χ3v) is 4.76. The first-order chi connectivity index (χ1) is 16.0. The van der Waals surface area contributed by atoms with Gasteiger partial charge in [-0.3, -0.25) is 0 Å². The van der Waals surface area contributed by atoms with Crippen LogP contribution in [-0.4, -0.2) is 6.61 Å². The first-order valence-electron chi connectivity index (χ1n) is 10.2. The van der Waals surface area contributed by atoms with Gasteiger partial charge in [0.1, 0.15) is 12.4 Å². The Balaban J connectivity index is 1.40. The van der Waals surface area contributed by atoms with Crippen LogP contribution in [0.1, 0.15) is 11.1 Å². The molecule has 0 saturated carbocycles. The molecule has 164 valence electrons. The fourth-order valence-corrected chi connectivity index (χ4v) is 3.14. The molecule has 0 radical (unpaired) electrons. The number of halogens is 3. The van der Waals surface area contributed by atoms with Gasteiger partial charge in [0, 0.05) is 5.56 Å². The zero-order chi connectivity index (χ0) is 23.1. The largest absolute Gasteiger partial charge is 0.477 e. The maximum atomic E-state index is 12.9.